The van der Waals surface area contributed by atoms with E-state index in [1.807, 2.05) is 0 Å². The molecule has 0 aromatic carbocycles. The molecule has 17 heteroatoms. The van der Waals surface area contributed by atoms with Crippen molar-refractivity contribution in [2.24, 2.45) is 5.10 Å². The number of nitro groups is 1. The minimum Gasteiger partial charge on any atom is -0.390 e. The molecule has 0 fully saturated rings. The van der Waals surface area contributed by atoms with Gasteiger partial charge in [-0.1, -0.05) is 10.0 Å². The van der Waals surface area contributed by atoms with Gasteiger partial charge in [-0.15, -0.1) is 5.10 Å². The number of aryl methyl sites for hydroxylation is 1. The Bertz CT molecular complexity index is 1030. The molecule has 1 amide bonds. The molecular weight excluding hydrogens is 366 g/mol. The summed E-state index contributed by atoms with van der Waals surface area (Å²) in [7, 11) is 0. The molecule has 0 aliphatic carbocycles. The lowest BCUT2D eigenvalue weighted by molar-refractivity contribution is -0.394. The van der Waals surface area contributed by atoms with Crippen molar-refractivity contribution in [3.8, 4) is 5.82 Å². The number of nitrogens with zero attached hydrogens (tertiary/aromatic N) is 11. The lowest BCUT2D eigenvalue weighted by Gasteiger charge is -2.03. The number of hydrogen-bond donors (Lipinski definition) is 2. The third-order valence-corrected chi connectivity index (χ3v) is 3.07. The molecule has 3 aromatic heterocycles. The Kier molecular flexibility index (Phi) is 4.47. The van der Waals surface area contributed by atoms with Crippen molar-refractivity contribution in [3.63, 3.8) is 0 Å². The van der Waals surface area contributed by atoms with Gasteiger partial charge in [0, 0.05) is 5.21 Å². The minimum atomic E-state index is -0.779. The fraction of sp³-hybridized carbons (Fsp3) is 0.300. The fourth-order valence-electron chi connectivity index (χ4n) is 1.92. The third-order valence-electron chi connectivity index (χ3n) is 3.07. The van der Waals surface area contributed by atoms with Gasteiger partial charge >= 0.3 is 5.95 Å². The second-order valence-electron chi connectivity index (χ2n) is 5.07. The maximum atomic E-state index is 12.4. The Morgan fingerprint density at radius 3 is 2.78 bits per heavy atom. The summed E-state index contributed by atoms with van der Waals surface area (Å²) in [5.74, 6) is -1.37. The molecule has 27 heavy (non-hydrogen) atoms. The van der Waals surface area contributed by atoms with Crippen molar-refractivity contribution in [3.05, 3.63) is 21.5 Å². The van der Waals surface area contributed by atoms with Crippen LogP contribution in [0.3, 0.4) is 0 Å². The first kappa shape index (κ1) is 17.5. The molecule has 3 N–H and O–H groups in total. The zero-order valence-electron chi connectivity index (χ0n) is 13.8. The zero-order chi connectivity index (χ0) is 19.6. The van der Waals surface area contributed by atoms with Crippen LogP contribution in [-0.4, -0.2) is 62.1 Å². The van der Waals surface area contributed by atoms with Crippen molar-refractivity contribution < 1.29 is 14.3 Å². The summed E-state index contributed by atoms with van der Waals surface area (Å²) in [6.07, 6.45) is 0. The van der Waals surface area contributed by atoms with E-state index in [0.717, 1.165) is 9.48 Å². The molecule has 0 radical (unpaired) electrons. The average Bonchev–Trinajstić information content (AvgIpc) is 3.33. The fourth-order valence-corrected chi connectivity index (χ4v) is 1.92. The summed E-state index contributed by atoms with van der Waals surface area (Å²) >= 11 is 0. The van der Waals surface area contributed by atoms with Gasteiger partial charge in [-0.2, -0.15) is 9.78 Å². The second-order valence-corrected chi connectivity index (χ2v) is 5.07. The third kappa shape index (κ3) is 3.55. The summed E-state index contributed by atoms with van der Waals surface area (Å²) < 4.78 is 5.54. The number of hydrazone groups is 1. The lowest BCUT2D eigenvalue weighted by Crippen LogP contribution is -2.24. The van der Waals surface area contributed by atoms with Crippen molar-refractivity contribution in [1.29, 1.82) is 0 Å². The predicted molar refractivity (Wildman–Crippen MR) is 83.4 cm³/mol. The molecule has 3 heterocycles. The minimum absolute atomic E-state index is 0.000534. The van der Waals surface area contributed by atoms with Crippen molar-refractivity contribution in [1.82, 2.24) is 50.9 Å². The maximum Gasteiger partial charge on any atom is 0.514 e. The number of rotatable bonds is 6. The van der Waals surface area contributed by atoms with Crippen molar-refractivity contribution in [2.75, 3.05) is 5.73 Å². The van der Waals surface area contributed by atoms with Gasteiger partial charge in [-0.05, 0) is 29.1 Å². The van der Waals surface area contributed by atoms with E-state index in [4.69, 9.17) is 5.73 Å². The second kappa shape index (κ2) is 6.90. The van der Waals surface area contributed by atoms with Crippen LogP contribution in [0.25, 0.3) is 5.82 Å². The Balaban J connectivity index is 1.74. The lowest BCUT2D eigenvalue weighted by atomic mass is 10.3. The summed E-state index contributed by atoms with van der Waals surface area (Å²) in [6, 6.07) is 0. The van der Waals surface area contributed by atoms with Gasteiger partial charge in [0.2, 0.25) is 11.6 Å². The van der Waals surface area contributed by atoms with Gasteiger partial charge in [-0.25, -0.2) is 10.1 Å². The average molecular weight is 377 g/mol. The number of nitrogens with one attached hydrogen (secondary N) is 1. The molecule has 0 aliphatic rings. The highest BCUT2D eigenvalue weighted by molar-refractivity contribution is 5.95. The Hall–Kier alpha value is -4.31. The smallest absolute Gasteiger partial charge is 0.390 e. The Morgan fingerprint density at radius 2 is 2.15 bits per heavy atom. The molecule has 0 saturated heterocycles. The molecular formula is C10H11N13O4. The molecule has 17 nitrogen and oxygen atoms in total. The Labute approximate surface area is 148 Å². The van der Waals surface area contributed by atoms with Crippen LogP contribution in [0.5, 0.6) is 0 Å². The number of carbonyl (C=O) groups excluding carboxylic acids is 1. The van der Waals surface area contributed by atoms with Crippen LogP contribution in [0, 0.1) is 17.0 Å². The normalized spacial score (nSPS) is 11.6. The van der Waals surface area contributed by atoms with Crippen LogP contribution in [0.2, 0.25) is 0 Å². The number of carbonyl (C=O) groups is 1. The monoisotopic (exact) mass is 377 g/mol. The van der Waals surface area contributed by atoms with Gasteiger partial charge < -0.3 is 15.8 Å². The quantitative estimate of drug-likeness (QED) is 0.277. The first-order valence-corrected chi connectivity index (χ1v) is 7.13. The number of amides is 1. The number of hydrogen-bond acceptors (Lipinski definition) is 13. The van der Waals surface area contributed by atoms with E-state index in [2.05, 4.69) is 51.2 Å². The SMILES string of the molecule is CC(Cn1nnc([N+](=O)[O-])n1)=NNC(=O)c1c(C)nnn1-c1nonc1N. The zero-order valence-corrected chi connectivity index (χ0v) is 13.8. The number of aromatic nitrogens is 9. The van der Waals surface area contributed by atoms with E-state index >= 15 is 0 Å². The van der Waals surface area contributed by atoms with Crippen LogP contribution in [-0.2, 0) is 6.54 Å². The van der Waals surface area contributed by atoms with E-state index in [1.54, 1.807) is 13.8 Å². The summed E-state index contributed by atoms with van der Waals surface area (Å²) in [5, 5.41) is 39.2. The molecule has 140 valence electrons. The first-order chi connectivity index (χ1) is 12.9. The maximum absolute atomic E-state index is 12.4. The number of nitrogen functional groups attached to an aromatic ring is 1. The number of nitrogens with two attached hydrogens (primary N) is 1. The first-order valence-electron chi connectivity index (χ1n) is 7.13. The van der Waals surface area contributed by atoms with Crippen LogP contribution in [0.1, 0.15) is 23.1 Å². The van der Waals surface area contributed by atoms with E-state index in [-0.39, 0.29) is 29.6 Å². The summed E-state index contributed by atoms with van der Waals surface area (Å²) in [5.41, 5.74) is 8.55. The van der Waals surface area contributed by atoms with E-state index in [0.29, 0.717) is 5.71 Å². The molecule has 0 bridgehead atoms. The molecule has 0 unspecified atom stereocenters. The van der Waals surface area contributed by atoms with Gasteiger partial charge in [0.25, 0.3) is 5.91 Å². The van der Waals surface area contributed by atoms with Crippen molar-refractivity contribution in [2.45, 2.75) is 20.4 Å². The number of anilines is 1. The predicted octanol–water partition coefficient (Wildman–Crippen LogP) is -1.76. The molecule has 0 atom stereocenters. The van der Waals surface area contributed by atoms with Gasteiger partial charge in [0.05, 0.1) is 21.6 Å². The van der Waals surface area contributed by atoms with Crippen LogP contribution in [0.4, 0.5) is 11.8 Å². The largest absolute Gasteiger partial charge is 0.514 e. The Morgan fingerprint density at radius 1 is 1.37 bits per heavy atom. The summed E-state index contributed by atoms with van der Waals surface area (Å²) in [6.45, 7) is 3.08. The van der Waals surface area contributed by atoms with Gasteiger partial charge in [-0.3, -0.25) is 4.79 Å². The van der Waals surface area contributed by atoms with Crippen molar-refractivity contribution >= 4 is 23.4 Å². The van der Waals surface area contributed by atoms with E-state index in [9.17, 15) is 14.9 Å². The highest BCUT2D eigenvalue weighted by Gasteiger charge is 2.23. The highest BCUT2D eigenvalue weighted by atomic mass is 16.6. The van der Waals surface area contributed by atoms with Crippen LogP contribution < -0.4 is 11.2 Å². The van der Waals surface area contributed by atoms with E-state index in [1.165, 1.54) is 0 Å². The molecule has 0 aliphatic heterocycles. The topological polar surface area (TPSA) is 224 Å². The molecule has 3 rings (SSSR count). The van der Waals surface area contributed by atoms with Crippen LogP contribution in [0.15, 0.2) is 9.73 Å². The van der Waals surface area contributed by atoms with E-state index < -0.39 is 16.8 Å². The molecule has 0 saturated carbocycles. The highest BCUT2D eigenvalue weighted by Crippen LogP contribution is 2.14. The molecule has 0 spiro atoms. The summed E-state index contributed by atoms with van der Waals surface area (Å²) in [4.78, 5) is 23.1. The molecule has 3 aromatic rings. The number of tetrazole rings is 1. The van der Waals surface area contributed by atoms with Gasteiger partial charge in [0.15, 0.2) is 5.69 Å². The standard InChI is InChI=1S/C10H11N13O4/c1-4(3-21-16-10(15-19-21)23(25)26)12-14-9(24)6-5(2)13-20-22(6)8-7(11)17-27-18-8/h3H2,1-2H3,(H2,11,17)(H,14,24). The van der Waals surface area contributed by atoms with Gasteiger partial charge in [0.1, 0.15) is 6.54 Å². The van der Waals surface area contributed by atoms with Crippen LogP contribution >= 0.6 is 0 Å².